The van der Waals surface area contributed by atoms with Crippen molar-refractivity contribution < 1.29 is 4.79 Å². The SMILES string of the molecule is Cc1cc(CC(=O)C2CCC(C)CC2)n(C)n1. The van der Waals surface area contributed by atoms with Crippen molar-refractivity contribution in [1.82, 2.24) is 9.78 Å². The summed E-state index contributed by atoms with van der Waals surface area (Å²) in [5.41, 5.74) is 2.04. The summed E-state index contributed by atoms with van der Waals surface area (Å²) in [4.78, 5) is 12.2. The first kappa shape index (κ1) is 12.3. The predicted molar refractivity (Wildman–Crippen MR) is 67.8 cm³/mol. The van der Waals surface area contributed by atoms with Gasteiger partial charge in [-0.3, -0.25) is 9.48 Å². The lowest BCUT2D eigenvalue weighted by Gasteiger charge is -2.24. The van der Waals surface area contributed by atoms with E-state index in [4.69, 9.17) is 0 Å². The van der Waals surface area contributed by atoms with Gasteiger partial charge in [0.1, 0.15) is 5.78 Å². The molecule has 1 saturated carbocycles. The lowest BCUT2D eigenvalue weighted by Crippen LogP contribution is -2.23. The molecule has 3 heteroatoms. The lowest BCUT2D eigenvalue weighted by atomic mass is 9.80. The zero-order valence-electron chi connectivity index (χ0n) is 11.1. The molecule has 1 aromatic heterocycles. The first-order valence-corrected chi connectivity index (χ1v) is 6.58. The predicted octanol–water partition coefficient (Wildman–Crippen LogP) is 2.67. The van der Waals surface area contributed by atoms with Gasteiger partial charge in [0, 0.05) is 25.1 Å². The number of aromatic nitrogens is 2. The summed E-state index contributed by atoms with van der Waals surface area (Å²) < 4.78 is 1.83. The van der Waals surface area contributed by atoms with Crippen LogP contribution in [0.1, 0.15) is 44.0 Å². The summed E-state index contributed by atoms with van der Waals surface area (Å²) in [6, 6.07) is 2.02. The highest BCUT2D eigenvalue weighted by Crippen LogP contribution is 2.29. The molecule has 0 amide bonds. The van der Waals surface area contributed by atoms with Crippen LogP contribution in [-0.2, 0) is 18.3 Å². The second-order valence-corrected chi connectivity index (χ2v) is 5.50. The number of carbonyl (C=O) groups is 1. The van der Waals surface area contributed by atoms with Crippen LogP contribution in [0.15, 0.2) is 6.07 Å². The highest BCUT2D eigenvalue weighted by Gasteiger charge is 2.24. The van der Waals surface area contributed by atoms with Crippen LogP contribution in [0.25, 0.3) is 0 Å². The molecule has 3 nitrogen and oxygen atoms in total. The highest BCUT2D eigenvalue weighted by molar-refractivity contribution is 5.83. The van der Waals surface area contributed by atoms with E-state index in [0.717, 1.165) is 30.1 Å². The topological polar surface area (TPSA) is 34.9 Å². The Bertz CT molecular complexity index is 400. The standard InChI is InChI=1S/C14H22N2O/c1-10-4-6-12(7-5-10)14(17)9-13-8-11(2)15-16(13)3/h8,10,12H,4-7,9H2,1-3H3. The molecule has 1 fully saturated rings. The largest absolute Gasteiger partial charge is 0.299 e. The maximum atomic E-state index is 12.2. The third-order valence-electron chi connectivity index (χ3n) is 3.93. The van der Waals surface area contributed by atoms with Gasteiger partial charge in [-0.25, -0.2) is 0 Å². The number of hydrogen-bond donors (Lipinski definition) is 0. The molecule has 94 valence electrons. The van der Waals surface area contributed by atoms with Gasteiger partial charge in [0.05, 0.1) is 5.69 Å². The fourth-order valence-corrected chi connectivity index (χ4v) is 2.73. The average molecular weight is 234 g/mol. The molecule has 0 spiro atoms. The fraction of sp³-hybridized carbons (Fsp3) is 0.714. The molecule has 2 rings (SSSR count). The van der Waals surface area contributed by atoms with Crippen LogP contribution >= 0.6 is 0 Å². The van der Waals surface area contributed by atoms with Crippen molar-refractivity contribution >= 4 is 5.78 Å². The molecule has 0 unspecified atom stereocenters. The maximum absolute atomic E-state index is 12.2. The van der Waals surface area contributed by atoms with E-state index in [9.17, 15) is 4.79 Å². The van der Waals surface area contributed by atoms with E-state index in [1.165, 1.54) is 12.8 Å². The monoisotopic (exact) mass is 234 g/mol. The van der Waals surface area contributed by atoms with Gasteiger partial charge < -0.3 is 0 Å². The second-order valence-electron chi connectivity index (χ2n) is 5.50. The van der Waals surface area contributed by atoms with Crippen molar-refractivity contribution in [3.63, 3.8) is 0 Å². The van der Waals surface area contributed by atoms with Crippen molar-refractivity contribution in [2.75, 3.05) is 0 Å². The number of ketones is 1. The smallest absolute Gasteiger partial charge is 0.141 e. The fourth-order valence-electron chi connectivity index (χ4n) is 2.73. The first-order valence-electron chi connectivity index (χ1n) is 6.58. The van der Waals surface area contributed by atoms with Gasteiger partial charge in [0.15, 0.2) is 0 Å². The molecule has 0 aliphatic heterocycles. The number of rotatable bonds is 3. The third kappa shape index (κ3) is 2.96. The minimum atomic E-state index is 0.293. The third-order valence-corrected chi connectivity index (χ3v) is 3.93. The first-order chi connectivity index (χ1) is 8.06. The molecule has 0 N–H and O–H groups in total. The Labute approximate surface area is 103 Å². The molecule has 1 heterocycles. The van der Waals surface area contributed by atoms with Gasteiger partial charge in [-0.2, -0.15) is 5.10 Å². The van der Waals surface area contributed by atoms with Crippen LogP contribution in [0.4, 0.5) is 0 Å². The molecular weight excluding hydrogens is 212 g/mol. The van der Waals surface area contributed by atoms with Gasteiger partial charge in [-0.05, 0) is 31.7 Å². The summed E-state index contributed by atoms with van der Waals surface area (Å²) >= 11 is 0. The second kappa shape index (κ2) is 5.03. The van der Waals surface area contributed by atoms with Gasteiger partial charge >= 0.3 is 0 Å². The lowest BCUT2D eigenvalue weighted by molar-refractivity contribution is -0.123. The van der Waals surface area contributed by atoms with Crippen LogP contribution in [0, 0.1) is 18.8 Å². The maximum Gasteiger partial charge on any atom is 0.141 e. The number of nitrogens with zero attached hydrogens (tertiary/aromatic N) is 2. The Morgan fingerprint density at radius 3 is 2.59 bits per heavy atom. The minimum Gasteiger partial charge on any atom is -0.299 e. The Morgan fingerprint density at radius 1 is 1.41 bits per heavy atom. The molecular formula is C14H22N2O. The summed E-state index contributed by atoms with van der Waals surface area (Å²) in [6.07, 6.45) is 5.13. The molecule has 1 aliphatic carbocycles. The summed E-state index contributed by atoms with van der Waals surface area (Å²) in [6.45, 7) is 4.25. The van der Waals surface area contributed by atoms with E-state index >= 15 is 0 Å². The Hall–Kier alpha value is -1.12. The average Bonchev–Trinajstić information content (AvgIpc) is 2.58. The van der Waals surface area contributed by atoms with Crippen molar-refractivity contribution in [2.24, 2.45) is 18.9 Å². The normalized spacial score (nSPS) is 24.9. The molecule has 0 atom stereocenters. The molecule has 0 bridgehead atoms. The van der Waals surface area contributed by atoms with Gasteiger partial charge in [0.2, 0.25) is 0 Å². The Morgan fingerprint density at radius 2 is 2.06 bits per heavy atom. The van der Waals surface area contributed by atoms with Crippen molar-refractivity contribution in [2.45, 2.75) is 46.0 Å². The molecule has 0 saturated heterocycles. The van der Waals surface area contributed by atoms with Crippen LogP contribution in [0.3, 0.4) is 0 Å². The molecule has 0 aromatic carbocycles. The van der Waals surface area contributed by atoms with Gasteiger partial charge in [-0.15, -0.1) is 0 Å². The van der Waals surface area contributed by atoms with E-state index in [-0.39, 0.29) is 0 Å². The zero-order valence-corrected chi connectivity index (χ0v) is 11.1. The number of hydrogen-bond acceptors (Lipinski definition) is 2. The molecule has 0 radical (unpaired) electrons. The molecule has 17 heavy (non-hydrogen) atoms. The van der Waals surface area contributed by atoms with E-state index in [2.05, 4.69) is 12.0 Å². The quantitative estimate of drug-likeness (QED) is 0.806. The van der Waals surface area contributed by atoms with Crippen molar-refractivity contribution in [1.29, 1.82) is 0 Å². The van der Waals surface area contributed by atoms with E-state index in [1.54, 1.807) is 0 Å². The number of carbonyl (C=O) groups excluding carboxylic acids is 1. The Balaban J connectivity index is 1.95. The van der Waals surface area contributed by atoms with Crippen molar-refractivity contribution in [3.05, 3.63) is 17.5 Å². The minimum absolute atomic E-state index is 0.293. The highest BCUT2D eigenvalue weighted by atomic mass is 16.1. The molecule has 1 aromatic rings. The number of aryl methyl sites for hydroxylation is 2. The summed E-state index contributed by atoms with van der Waals surface area (Å²) in [5.74, 6) is 1.50. The van der Waals surface area contributed by atoms with E-state index in [1.807, 2.05) is 24.7 Å². The Kier molecular flexibility index (Phi) is 3.65. The number of Topliss-reactive ketones (excluding diaryl/α,β-unsaturated/α-hetero) is 1. The van der Waals surface area contributed by atoms with Crippen molar-refractivity contribution in [3.8, 4) is 0 Å². The summed E-state index contributed by atoms with van der Waals surface area (Å²) in [7, 11) is 1.92. The van der Waals surface area contributed by atoms with Crippen LogP contribution in [0.2, 0.25) is 0 Å². The summed E-state index contributed by atoms with van der Waals surface area (Å²) in [5, 5.41) is 4.29. The van der Waals surface area contributed by atoms with Crippen LogP contribution in [0.5, 0.6) is 0 Å². The van der Waals surface area contributed by atoms with E-state index in [0.29, 0.717) is 18.1 Å². The van der Waals surface area contributed by atoms with Gasteiger partial charge in [-0.1, -0.05) is 19.8 Å². The van der Waals surface area contributed by atoms with Crippen LogP contribution < -0.4 is 0 Å². The van der Waals surface area contributed by atoms with Crippen LogP contribution in [-0.4, -0.2) is 15.6 Å². The zero-order chi connectivity index (χ0) is 12.4. The molecule has 1 aliphatic rings. The van der Waals surface area contributed by atoms with Gasteiger partial charge in [0.25, 0.3) is 0 Å². The van der Waals surface area contributed by atoms with E-state index < -0.39 is 0 Å².